The van der Waals surface area contributed by atoms with Gasteiger partial charge in [-0.1, -0.05) is 6.07 Å². The van der Waals surface area contributed by atoms with Gasteiger partial charge in [0, 0.05) is 12.1 Å². The maximum absolute atomic E-state index is 12.1. The minimum Gasteiger partial charge on any atom is -0.495 e. The fraction of sp³-hybridized carbons (Fsp3) is 0.294. The van der Waals surface area contributed by atoms with Crippen LogP contribution in [0.25, 0.3) is 0 Å². The Bertz CT molecular complexity index is 621. The number of benzene rings is 1. The molecule has 0 atom stereocenters. The van der Waals surface area contributed by atoms with Gasteiger partial charge in [0.25, 0.3) is 0 Å². The molecule has 0 bridgehead atoms. The van der Waals surface area contributed by atoms with Gasteiger partial charge in [-0.05, 0) is 37.1 Å². The Morgan fingerprint density at radius 1 is 1.14 bits per heavy atom. The van der Waals surface area contributed by atoms with Crippen LogP contribution in [0.5, 0.6) is 5.75 Å². The predicted octanol–water partition coefficient (Wildman–Crippen LogP) is 2.63. The molecular weight excluding hydrogens is 264 g/mol. The van der Waals surface area contributed by atoms with Crippen LogP contribution in [0.1, 0.15) is 17.5 Å². The van der Waals surface area contributed by atoms with Gasteiger partial charge >= 0.3 is 0 Å². The molecule has 1 aromatic carbocycles. The van der Waals surface area contributed by atoms with Gasteiger partial charge in [0.15, 0.2) is 18.9 Å². The van der Waals surface area contributed by atoms with Crippen LogP contribution in [-0.4, -0.2) is 13.0 Å². The maximum atomic E-state index is 12.1. The second-order valence-corrected chi connectivity index (χ2v) is 5.12. The number of hydrogen-bond acceptors (Lipinski definition) is 2. The van der Waals surface area contributed by atoms with E-state index in [0.29, 0.717) is 18.7 Å². The highest BCUT2D eigenvalue weighted by Crippen LogP contribution is 2.25. The fourth-order valence-corrected chi connectivity index (χ4v) is 2.04. The molecule has 110 valence electrons. The number of amides is 1. The number of anilines is 1. The molecular formula is C17H21N2O2+. The quantitative estimate of drug-likeness (QED) is 0.858. The maximum Gasteiger partial charge on any atom is 0.230 e. The Labute approximate surface area is 125 Å². The zero-order valence-corrected chi connectivity index (χ0v) is 12.7. The number of hydrogen-bond donors (Lipinski definition) is 1. The zero-order chi connectivity index (χ0) is 15.2. The number of aromatic nitrogens is 1. The Hall–Kier alpha value is -2.36. The second-order valence-electron chi connectivity index (χ2n) is 5.12. The van der Waals surface area contributed by atoms with Crippen LogP contribution in [0.4, 0.5) is 5.69 Å². The van der Waals surface area contributed by atoms with Crippen molar-refractivity contribution in [2.75, 3.05) is 12.4 Å². The van der Waals surface area contributed by atoms with Gasteiger partial charge in [-0.25, -0.2) is 4.57 Å². The van der Waals surface area contributed by atoms with E-state index in [2.05, 4.69) is 5.32 Å². The number of rotatable bonds is 5. The van der Waals surface area contributed by atoms with Crippen molar-refractivity contribution < 1.29 is 14.1 Å². The molecule has 4 heteroatoms. The highest BCUT2D eigenvalue weighted by molar-refractivity contribution is 5.92. The largest absolute Gasteiger partial charge is 0.495 e. The first-order chi connectivity index (χ1) is 10.1. The first-order valence-electron chi connectivity index (χ1n) is 6.98. The van der Waals surface area contributed by atoms with Crippen LogP contribution < -0.4 is 14.6 Å². The smallest absolute Gasteiger partial charge is 0.230 e. The van der Waals surface area contributed by atoms with E-state index >= 15 is 0 Å². The molecule has 1 N–H and O–H groups in total. The Balaban J connectivity index is 1.95. The summed E-state index contributed by atoms with van der Waals surface area (Å²) in [7, 11) is 1.60. The van der Waals surface area contributed by atoms with Crippen LogP contribution in [0.3, 0.4) is 0 Å². The minimum atomic E-state index is -0.0213. The fourth-order valence-electron chi connectivity index (χ4n) is 2.04. The number of carbonyl (C=O) groups is 1. The zero-order valence-electron chi connectivity index (χ0n) is 12.7. The molecule has 0 aliphatic carbocycles. The number of pyridine rings is 1. The van der Waals surface area contributed by atoms with E-state index in [4.69, 9.17) is 4.74 Å². The van der Waals surface area contributed by atoms with E-state index < -0.39 is 0 Å². The van der Waals surface area contributed by atoms with Crippen LogP contribution in [0.15, 0.2) is 42.7 Å². The predicted molar refractivity (Wildman–Crippen MR) is 82.4 cm³/mol. The molecule has 0 aliphatic rings. The van der Waals surface area contributed by atoms with E-state index in [1.54, 1.807) is 7.11 Å². The molecule has 1 aromatic heterocycles. The number of methoxy groups -OCH3 is 1. The topological polar surface area (TPSA) is 42.2 Å². The third kappa shape index (κ3) is 4.31. The summed E-state index contributed by atoms with van der Waals surface area (Å²) in [6.45, 7) is 4.68. The van der Waals surface area contributed by atoms with E-state index in [1.807, 2.05) is 61.1 Å². The Morgan fingerprint density at radius 2 is 1.86 bits per heavy atom. The second kappa shape index (κ2) is 6.88. The SMILES string of the molecule is COc1ccc(C)cc1NC(=O)CC[n+]1ccc(C)cc1. The van der Waals surface area contributed by atoms with Gasteiger partial charge in [0.1, 0.15) is 5.75 Å². The molecule has 0 fully saturated rings. The van der Waals surface area contributed by atoms with E-state index in [-0.39, 0.29) is 5.91 Å². The van der Waals surface area contributed by atoms with Crippen LogP contribution in [0, 0.1) is 13.8 Å². The average molecular weight is 285 g/mol. The average Bonchev–Trinajstić information content (AvgIpc) is 2.47. The normalized spacial score (nSPS) is 10.2. The molecule has 0 spiro atoms. The number of nitrogens with zero attached hydrogens (tertiary/aromatic N) is 1. The lowest BCUT2D eigenvalue weighted by Gasteiger charge is -2.10. The number of ether oxygens (including phenoxy) is 1. The van der Waals surface area contributed by atoms with Gasteiger partial charge in [-0.3, -0.25) is 4.79 Å². The summed E-state index contributed by atoms with van der Waals surface area (Å²) >= 11 is 0. The van der Waals surface area contributed by atoms with Gasteiger partial charge in [0.05, 0.1) is 19.2 Å². The number of aryl methyl sites for hydroxylation is 3. The van der Waals surface area contributed by atoms with Crippen molar-refractivity contribution in [3.05, 3.63) is 53.9 Å². The van der Waals surface area contributed by atoms with Crippen molar-refractivity contribution in [3.8, 4) is 5.75 Å². The van der Waals surface area contributed by atoms with Crippen molar-refractivity contribution in [2.24, 2.45) is 0 Å². The monoisotopic (exact) mass is 285 g/mol. The standard InChI is InChI=1S/C17H20N2O2/c1-13-6-9-19(10-7-13)11-8-17(20)18-15-12-14(2)4-5-16(15)21-3/h4-7,9-10,12H,8,11H2,1-3H3/p+1. The summed E-state index contributed by atoms with van der Waals surface area (Å²) in [6.07, 6.45) is 4.39. The van der Waals surface area contributed by atoms with Crippen LogP contribution >= 0.6 is 0 Å². The summed E-state index contributed by atoms with van der Waals surface area (Å²) < 4.78 is 7.26. The molecule has 4 nitrogen and oxygen atoms in total. The molecule has 2 rings (SSSR count). The summed E-state index contributed by atoms with van der Waals surface area (Å²) in [6, 6.07) is 9.79. The molecule has 0 saturated heterocycles. The third-order valence-electron chi connectivity index (χ3n) is 3.28. The molecule has 21 heavy (non-hydrogen) atoms. The lowest BCUT2D eigenvalue weighted by atomic mass is 10.2. The summed E-state index contributed by atoms with van der Waals surface area (Å²) in [5.41, 5.74) is 3.01. The van der Waals surface area contributed by atoms with Crippen molar-refractivity contribution >= 4 is 11.6 Å². The number of carbonyl (C=O) groups excluding carboxylic acids is 1. The first-order valence-corrected chi connectivity index (χ1v) is 6.98. The Morgan fingerprint density at radius 3 is 2.52 bits per heavy atom. The number of nitrogens with one attached hydrogen (secondary N) is 1. The van der Waals surface area contributed by atoms with Crippen LogP contribution in [-0.2, 0) is 11.3 Å². The van der Waals surface area contributed by atoms with E-state index in [9.17, 15) is 4.79 Å². The summed E-state index contributed by atoms with van der Waals surface area (Å²) in [4.78, 5) is 12.1. The molecule has 0 radical (unpaired) electrons. The van der Waals surface area contributed by atoms with Crippen molar-refractivity contribution in [2.45, 2.75) is 26.8 Å². The van der Waals surface area contributed by atoms with Gasteiger partial charge < -0.3 is 10.1 Å². The third-order valence-corrected chi connectivity index (χ3v) is 3.28. The lowest BCUT2D eigenvalue weighted by molar-refractivity contribution is -0.695. The molecule has 1 heterocycles. The molecule has 2 aromatic rings. The summed E-state index contributed by atoms with van der Waals surface area (Å²) in [5.74, 6) is 0.656. The molecule has 1 amide bonds. The van der Waals surface area contributed by atoms with E-state index in [1.165, 1.54) is 5.56 Å². The van der Waals surface area contributed by atoms with Crippen molar-refractivity contribution in [1.29, 1.82) is 0 Å². The van der Waals surface area contributed by atoms with Gasteiger partial charge in [-0.15, -0.1) is 0 Å². The highest BCUT2D eigenvalue weighted by atomic mass is 16.5. The molecule has 0 aliphatic heterocycles. The first kappa shape index (κ1) is 15.0. The van der Waals surface area contributed by atoms with Crippen molar-refractivity contribution in [1.82, 2.24) is 0 Å². The summed E-state index contributed by atoms with van der Waals surface area (Å²) in [5, 5.41) is 2.91. The van der Waals surface area contributed by atoms with Crippen LogP contribution in [0.2, 0.25) is 0 Å². The lowest BCUT2D eigenvalue weighted by Crippen LogP contribution is -2.34. The molecule has 0 unspecified atom stereocenters. The van der Waals surface area contributed by atoms with Crippen molar-refractivity contribution in [3.63, 3.8) is 0 Å². The Kier molecular flexibility index (Phi) is 4.93. The molecule has 0 saturated carbocycles. The highest BCUT2D eigenvalue weighted by Gasteiger charge is 2.10. The van der Waals surface area contributed by atoms with Gasteiger partial charge in [0.2, 0.25) is 5.91 Å². The van der Waals surface area contributed by atoms with E-state index in [0.717, 1.165) is 11.3 Å². The minimum absolute atomic E-state index is 0.0213. The van der Waals surface area contributed by atoms with Gasteiger partial charge in [-0.2, -0.15) is 0 Å².